The first kappa shape index (κ1) is 19.8. The van der Waals surface area contributed by atoms with Crippen molar-refractivity contribution in [3.63, 3.8) is 0 Å². The van der Waals surface area contributed by atoms with E-state index in [2.05, 4.69) is 10.3 Å². The van der Waals surface area contributed by atoms with E-state index >= 15 is 0 Å². The molecular formula is C19H19ClN4O4. The highest BCUT2D eigenvalue weighted by Crippen LogP contribution is 2.23. The predicted molar refractivity (Wildman–Crippen MR) is 103 cm³/mol. The lowest BCUT2D eigenvalue weighted by molar-refractivity contribution is -0.384. The van der Waals surface area contributed by atoms with Crippen LogP contribution in [0.4, 0.5) is 5.69 Å². The number of nitrogens with zero attached hydrogens (tertiary/aromatic N) is 3. The van der Waals surface area contributed by atoms with Gasteiger partial charge in [0.25, 0.3) is 17.5 Å². The van der Waals surface area contributed by atoms with E-state index in [1.807, 2.05) is 0 Å². The lowest BCUT2D eigenvalue weighted by Crippen LogP contribution is -2.41. The molecule has 0 unspecified atom stereocenters. The quantitative estimate of drug-likeness (QED) is 0.611. The van der Waals surface area contributed by atoms with Crippen LogP contribution >= 0.6 is 11.6 Å². The number of nitrogens with one attached hydrogen (secondary N) is 1. The molecular weight excluding hydrogens is 384 g/mol. The van der Waals surface area contributed by atoms with Crippen LogP contribution in [0, 0.1) is 16.0 Å². The number of amides is 2. The van der Waals surface area contributed by atoms with Crippen molar-refractivity contribution in [1.82, 2.24) is 15.2 Å². The Kier molecular flexibility index (Phi) is 6.20. The minimum absolute atomic E-state index is 0.0201. The van der Waals surface area contributed by atoms with Crippen LogP contribution in [0.5, 0.6) is 0 Å². The number of pyridine rings is 1. The molecule has 1 fully saturated rings. The molecule has 0 aliphatic carbocycles. The number of carbonyl (C=O) groups is 2. The fourth-order valence-corrected chi connectivity index (χ4v) is 3.35. The number of piperidine rings is 1. The Bertz CT molecular complexity index is 883. The summed E-state index contributed by atoms with van der Waals surface area (Å²) in [5.41, 5.74) is 0.515. The van der Waals surface area contributed by atoms with Crippen LogP contribution < -0.4 is 5.32 Å². The maximum atomic E-state index is 12.4. The molecule has 2 amide bonds. The molecule has 28 heavy (non-hydrogen) atoms. The van der Waals surface area contributed by atoms with Crippen LogP contribution in [0.1, 0.15) is 33.6 Å². The van der Waals surface area contributed by atoms with Gasteiger partial charge in [-0.25, -0.2) is 0 Å². The van der Waals surface area contributed by atoms with E-state index in [4.69, 9.17) is 11.6 Å². The maximum Gasteiger partial charge on any atom is 0.270 e. The molecule has 1 aliphatic heterocycles. The average molecular weight is 403 g/mol. The van der Waals surface area contributed by atoms with Gasteiger partial charge in [0, 0.05) is 49.7 Å². The second kappa shape index (κ2) is 8.79. The van der Waals surface area contributed by atoms with Crippen LogP contribution in [0.3, 0.4) is 0 Å². The van der Waals surface area contributed by atoms with E-state index < -0.39 is 10.8 Å². The van der Waals surface area contributed by atoms with E-state index in [9.17, 15) is 19.7 Å². The first-order valence-electron chi connectivity index (χ1n) is 8.87. The van der Waals surface area contributed by atoms with Gasteiger partial charge in [0.2, 0.25) is 0 Å². The SMILES string of the molecule is O=C(NCC1CCN(C(=O)c2ccncc2)CC1)c1cc([N+](=O)[O-])ccc1Cl. The molecule has 3 rings (SSSR count). The number of nitro benzene ring substituents is 1. The summed E-state index contributed by atoms with van der Waals surface area (Å²) in [4.78, 5) is 40.8. The molecule has 1 N–H and O–H groups in total. The number of halogens is 1. The smallest absolute Gasteiger partial charge is 0.270 e. The van der Waals surface area contributed by atoms with Gasteiger partial charge >= 0.3 is 0 Å². The van der Waals surface area contributed by atoms with Crippen LogP contribution in [-0.4, -0.2) is 46.3 Å². The van der Waals surface area contributed by atoms with E-state index in [1.165, 1.54) is 18.2 Å². The fourth-order valence-electron chi connectivity index (χ4n) is 3.15. The van der Waals surface area contributed by atoms with Gasteiger partial charge < -0.3 is 10.2 Å². The number of rotatable bonds is 5. The van der Waals surface area contributed by atoms with Crippen molar-refractivity contribution in [1.29, 1.82) is 0 Å². The summed E-state index contributed by atoms with van der Waals surface area (Å²) < 4.78 is 0. The average Bonchev–Trinajstić information content (AvgIpc) is 2.72. The zero-order valence-corrected chi connectivity index (χ0v) is 15.8. The first-order valence-corrected chi connectivity index (χ1v) is 9.25. The molecule has 0 spiro atoms. The van der Waals surface area contributed by atoms with Gasteiger partial charge in [-0.15, -0.1) is 0 Å². The summed E-state index contributed by atoms with van der Waals surface area (Å²) in [5.74, 6) is -0.236. The van der Waals surface area contributed by atoms with Crippen molar-refractivity contribution in [2.45, 2.75) is 12.8 Å². The van der Waals surface area contributed by atoms with Gasteiger partial charge in [-0.2, -0.15) is 0 Å². The second-order valence-corrected chi connectivity index (χ2v) is 7.01. The standard InChI is InChI=1S/C19H19ClN4O4/c20-17-2-1-15(24(27)28)11-16(17)18(25)22-12-13-5-9-23(10-6-13)19(26)14-3-7-21-8-4-14/h1-4,7-8,11,13H,5-6,9-10,12H2,(H,22,25). The topological polar surface area (TPSA) is 105 Å². The van der Waals surface area contributed by atoms with Gasteiger partial charge in [0.1, 0.15) is 0 Å². The summed E-state index contributed by atoms with van der Waals surface area (Å²) >= 11 is 6.00. The third-order valence-corrected chi connectivity index (χ3v) is 5.12. The Morgan fingerprint density at radius 3 is 2.54 bits per heavy atom. The maximum absolute atomic E-state index is 12.4. The molecule has 1 aliphatic rings. The van der Waals surface area contributed by atoms with E-state index in [0.717, 1.165) is 12.8 Å². The van der Waals surface area contributed by atoms with E-state index in [-0.39, 0.29) is 28.1 Å². The normalized spacial score (nSPS) is 14.5. The Balaban J connectivity index is 1.52. The van der Waals surface area contributed by atoms with Crippen LogP contribution in [0.25, 0.3) is 0 Å². The number of non-ortho nitro benzene ring substituents is 1. The molecule has 2 aromatic rings. The lowest BCUT2D eigenvalue weighted by Gasteiger charge is -2.32. The Labute approximate surface area is 166 Å². The molecule has 2 heterocycles. The van der Waals surface area contributed by atoms with Crippen LogP contribution in [-0.2, 0) is 0 Å². The van der Waals surface area contributed by atoms with E-state index in [1.54, 1.807) is 29.4 Å². The minimum Gasteiger partial charge on any atom is -0.352 e. The number of hydrogen-bond donors (Lipinski definition) is 1. The Morgan fingerprint density at radius 1 is 1.21 bits per heavy atom. The molecule has 146 valence electrons. The van der Waals surface area contributed by atoms with Crippen LogP contribution in [0.15, 0.2) is 42.7 Å². The zero-order chi connectivity index (χ0) is 20.1. The van der Waals surface area contributed by atoms with Gasteiger partial charge in [0.05, 0.1) is 15.5 Å². The molecule has 1 aromatic carbocycles. The van der Waals surface area contributed by atoms with Crippen molar-refractivity contribution in [3.8, 4) is 0 Å². The summed E-state index contributed by atoms with van der Waals surface area (Å²) in [7, 11) is 0. The molecule has 0 radical (unpaired) electrons. The largest absolute Gasteiger partial charge is 0.352 e. The molecule has 1 saturated heterocycles. The van der Waals surface area contributed by atoms with Crippen molar-refractivity contribution in [3.05, 3.63) is 69.0 Å². The monoisotopic (exact) mass is 402 g/mol. The molecule has 8 nitrogen and oxygen atoms in total. The van der Waals surface area contributed by atoms with Gasteiger partial charge in [-0.1, -0.05) is 11.6 Å². The second-order valence-electron chi connectivity index (χ2n) is 6.60. The minimum atomic E-state index is -0.567. The van der Waals surface area contributed by atoms with Crippen molar-refractivity contribution >= 4 is 29.1 Å². The van der Waals surface area contributed by atoms with Gasteiger partial charge in [-0.3, -0.25) is 24.7 Å². The van der Waals surface area contributed by atoms with E-state index in [0.29, 0.717) is 25.2 Å². The third kappa shape index (κ3) is 4.64. The number of nitro groups is 1. The zero-order valence-electron chi connectivity index (χ0n) is 15.0. The number of benzene rings is 1. The highest BCUT2D eigenvalue weighted by molar-refractivity contribution is 6.33. The molecule has 9 heteroatoms. The molecule has 0 atom stereocenters. The number of likely N-dealkylation sites (tertiary alicyclic amines) is 1. The highest BCUT2D eigenvalue weighted by Gasteiger charge is 2.24. The van der Waals surface area contributed by atoms with Gasteiger partial charge in [-0.05, 0) is 37.0 Å². The lowest BCUT2D eigenvalue weighted by atomic mass is 9.96. The summed E-state index contributed by atoms with van der Waals surface area (Å²) in [6.45, 7) is 1.65. The molecule has 0 bridgehead atoms. The Morgan fingerprint density at radius 2 is 1.89 bits per heavy atom. The number of hydrogen-bond acceptors (Lipinski definition) is 5. The Hall–Kier alpha value is -3.00. The molecule has 0 saturated carbocycles. The highest BCUT2D eigenvalue weighted by atomic mass is 35.5. The summed E-state index contributed by atoms with van der Waals surface area (Å²) in [6.07, 6.45) is 4.71. The summed E-state index contributed by atoms with van der Waals surface area (Å²) in [6, 6.07) is 7.16. The predicted octanol–water partition coefficient (Wildman–Crippen LogP) is 2.93. The number of carbonyl (C=O) groups excluding carboxylic acids is 2. The first-order chi connectivity index (χ1) is 13.5. The van der Waals surface area contributed by atoms with Crippen molar-refractivity contribution in [2.75, 3.05) is 19.6 Å². The molecule has 1 aromatic heterocycles. The number of aromatic nitrogens is 1. The van der Waals surface area contributed by atoms with Gasteiger partial charge in [0.15, 0.2) is 0 Å². The van der Waals surface area contributed by atoms with Crippen molar-refractivity contribution in [2.24, 2.45) is 5.92 Å². The summed E-state index contributed by atoms with van der Waals surface area (Å²) in [5, 5.41) is 13.8. The van der Waals surface area contributed by atoms with Crippen LogP contribution in [0.2, 0.25) is 5.02 Å². The third-order valence-electron chi connectivity index (χ3n) is 4.79. The fraction of sp³-hybridized carbons (Fsp3) is 0.316. The van der Waals surface area contributed by atoms with Crippen molar-refractivity contribution < 1.29 is 14.5 Å².